The zero-order valence-electron chi connectivity index (χ0n) is 8.62. The molecule has 0 radical (unpaired) electrons. The monoisotopic (exact) mass is 264 g/mol. The third kappa shape index (κ3) is 4.30. The molecule has 0 saturated heterocycles. The topological polar surface area (TPSA) is 88.5 Å². The van der Waals surface area contributed by atoms with Gasteiger partial charge in [0.1, 0.15) is 0 Å². The van der Waals surface area contributed by atoms with Crippen molar-refractivity contribution in [1.82, 2.24) is 0 Å². The van der Waals surface area contributed by atoms with Crippen LogP contribution in [-0.4, -0.2) is 33.4 Å². The standard InChI is InChI=1S/C9H12O5S2/c1-15(10,11)9-4-2-8(3-5-9)6-7-16(12,13)14/h2-5H,6-7H2,1H3,(H,12,13,14). The van der Waals surface area contributed by atoms with Gasteiger partial charge in [-0.1, -0.05) is 12.1 Å². The maximum absolute atomic E-state index is 11.1. The van der Waals surface area contributed by atoms with Crippen molar-refractivity contribution in [3.05, 3.63) is 29.8 Å². The van der Waals surface area contributed by atoms with Crippen LogP contribution in [0.15, 0.2) is 29.2 Å². The molecule has 1 N–H and O–H groups in total. The molecule has 0 fully saturated rings. The Hall–Kier alpha value is -0.920. The quantitative estimate of drug-likeness (QED) is 0.801. The molecule has 0 spiro atoms. The molecule has 0 heterocycles. The van der Waals surface area contributed by atoms with Crippen molar-refractivity contribution in [1.29, 1.82) is 0 Å². The number of rotatable bonds is 4. The van der Waals surface area contributed by atoms with Crippen molar-refractivity contribution in [2.24, 2.45) is 0 Å². The minimum Gasteiger partial charge on any atom is -0.286 e. The largest absolute Gasteiger partial charge is 0.286 e. The Morgan fingerprint density at radius 2 is 1.56 bits per heavy atom. The van der Waals surface area contributed by atoms with E-state index in [1.165, 1.54) is 24.3 Å². The highest BCUT2D eigenvalue weighted by Gasteiger charge is 2.08. The molecule has 16 heavy (non-hydrogen) atoms. The van der Waals surface area contributed by atoms with Gasteiger partial charge in [-0.3, -0.25) is 4.55 Å². The Bertz CT molecular complexity index is 554. The summed E-state index contributed by atoms with van der Waals surface area (Å²) < 4.78 is 51.8. The van der Waals surface area contributed by atoms with Crippen LogP contribution in [0.4, 0.5) is 0 Å². The maximum Gasteiger partial charge on any atom is 0.265 e. The van der Waals surface area contributed by atoms with Crippen molar-refractivity contribution < 1.29 is 21.4 Å². The van der Waals surface area contributed by atoms with E-state index in [-0.39, 0.29) is 17.1 Å². The lowest BCUT2D eigenvalue weighted by molar-refractivity contribution is 0.482. The lowest BCUT2D eigenvalue weighted by atomic mass is 10.2. The molecule has 0 atom stereocenters. The fourth-order valence-corrected chi connectivity index (χ4v) is 2.27. The third-order valence-electron chi connectivity index (χ3n) is 2.00. The summed E-state index contributed by atoms with van der Waals surface area (Å²) in [4.78, 5) is 0.183. The SMILES string of the molecule is CS(=O)(=O)c1ccc(CCS(=O)(=O)O)cc1. The summed E-state index contributed by atoms with van der Waals surface area (Å²) in [5, 5.41) is 0. The second-order valence-electron chi connectivity index (χ2n) is 3.45. The van der Waals surface area contributed by atoms with Crippen LogP contribution < -0.4 is 0 Å². The van der Waals surface area contributed by atoms with E-state index in [0.717, 1.165) is 6.26 Å². The van der Waals surface area contributed by atoms with E-state index in [2.05, 4.69) is 0 Å². The summed E-state index contributed by atoms with van der Waals surface area (Å²) in [5.41, 5.74) is 0.657. The molecule has 0 amide bonds. The molecule has 0 saturated carbocycles. The van der Waals surface area contributed by atoms with Crippen LogP contribution in [0.5, 0.6) is 0 Å². The molecule has 7 heteroatoms. The Balaban J connectivity index is 2.81. The summed E-state index contributed by atoms with van der Waals surface area (Å²) in [5.74, 6) is -0.370. The van der Waals surface area contributed by atoms with Gasteiger partial charge in [-0.25, -0.2) is 8.42 Å². The first-order valence-electron chi connectivity index (χ1n) is 4.43. The summed E-state index contributed by atoms with van der Waals surface area (Å²) >= 11 is 0. The molecular weight excluding hydrogens is 252 g/mol. The van der Waals surface area contributed by atoms with Crippen LogP contribution >= 0.6 is 0 Å². The van der Waals surface area contributed by atoms with Crippen LogP contribution in [0.1, 0.15) is 5.56 Å². The number of aryl methyl sites for hydroxylation is 1. The molecule has 0 bridgehead atoms. The highest BCUT2D eigenvalue weighted by molar-refractivity contribution is 7.90. The molecule has 0 aliphatic rings. The molecular formula is C9H12O5S2. The van der Waals surface area contributed by atoms with E-state index in [4.69, 9.17) is 4.55 Å². The summed E-state index contributed by atoms with van der Waals surface area (Å²) in [6.45, 7) is 0. The van der Waals surface area contributed by atoms with Crippen LogP contribution in [0, 0.1) is 0 Å². The molecule has 0 aliphatic heterocycles. The average molecular weight is 264 g/mol. The average Bonchev–Trinajstić information content (AvgIpc) is 2.13. The molecule has 1 aromatic rings. The van der Waals surface area contributed by atoms with E-state index in [1.54, 1.807) is 0 Å². The van der Waals surface area contributed by atoms with Gasteiger partial charge in [-0.05, 0) is 24.1 Å². The van der Waals surface area contributed by atoms with Crippen molar-refractivity contribution in [3.8, 4) is 0 Å². The van der Waals surface area contributed by atoms with Gasteiger partial charge in [0.2, 0.25) is 0 Å². The Morgan fingerprint density at radius 3 is 1.94 bits per heavy atom. The van der Waals surface area contributed by atoms with Gasteiger partial charge in [0.25, 0.3) is 10.1 Å². The van der Waals surface area contributed by atoms with Gasteiger partial charge in [0.05, 0.1) is 10.6 Å². The Labute approximate surface area is 94.8 Å². The van der Waals surface area contributed by atoms with Gasteiger partial charge < -0.3 is 0 Å². The van der Waals surface area contributed by atoms with E-state index in [9.17, 15) is 16.8 Å². The van der Waals surface area contributed by atoms with Gasteiger partial charge in [0.15, 0.2) is 9.84 Å². The van der Waals surface area contributed by atoms with Crippen LogP contribution in [-0.2, 0) is 26.4 Å². The molecule has 1 aromatic carbocycles. The second kappa shape index (κ2) is 4.52. The van der Waals surface area contributed by atoms with Gasteiger partial charge in [0, 0.05) is 6.26 Å². The number of sulfone groups is 1. The number of hydrogen-bond donors (Lipinski definition) is 1. The fraction of sp³-hybridized carbons (Fsp3) is 0.333. The van der Waals surface area contributed by atoms with Crippen LogP contribution in [0.25, 0.3) is 0 Å². The van der Waals surface area contributed by atoms with Gasteiger partial charge in [-0.2, -0.15) is 8.42 Å². The predicted molar refractivity (Wildman–Crippen MR) is 59.7 cm³/mol. The summed E-state index contributed by atoms with van der Waals surface area (Å²) in [7, 11) is -7.21. The molecule has 0 aliphatic carbocycles. The molecule has 0 aromatic heterocycles. The third-order valence-corrected chi connectivity index (χ3v) is 3.85. The summed E-state index contributed by atoms with van der Waals surface area (Å²) in [6.07, 6.45) is 1.25. The lowest BCUT2D eigenvalue weighted by Gasteiger charge is -2.01. The zero-order chi connectivity index (χ0) is 12.4. The fourth-order valence-electron chi connectivity index (χ4n) is 1.15. The first-order chi connectivity index (χ1) is 7.18. The zero-order valence-corrected chi connectivity index (χ0v) is 10.3. The number of hydrogen-bond acceptors (Lipinski definition) is 4. The highest BCUT2D eigenvalue weighted by atomic mass is 32.2. The molecule has 1 rings (SSSR count). The molecule has 5 nitrogen and oxygen atoms in total. The van der Waals surface area contributed by atoms with Crippen molar-refractivity contribution in [2.75, 3.05) is 12.0 Å². The second-order valence-corrected chi connectivity index (χ2v) is 7.04. The van der Waals surface area contributed by atoms with Crippen LogP contribution in [0.3, 0.4) is 0 Å². The predicted octanol–water partition coefficient (Wildman–Crippen LogP) is 0.520. The van der Waals surface area contributed by atoms with E-state index in [0.29, 0.717) is 5.56 Å². The first-order valence-corrected chi connectivity index (χ1v) is 7.93. The first kappa shape index (κ1) is 13.1. The van der Waals surface area contributed by atoms with Crippen molar-refractivity contribution >= 4 is 20.0 Å². The minimum atomic E-state index is -3.98. The smallest absolute Gasteiger partial charge is 0.265 e. The van der Waals surface area contributed by atoms with Crippen molar-refractivity contribution in [2.45, 2.75) is 11.3 Å². The molecule has 0 unspecified atom stereocenters. The number of benzene rings is 1. The highest BCUT2D eigenvalue weighted by Crippen LogP contribution is 2.11. The lowest BCUT2D eigenvalue weighted by Crippen LogP contribution is -2.06. The van der Waals surface area contributed by atoms with Gasteiger partial charge >= 0.3 is 0 Å². The van der Waals surface area contributed by atoms with E-state index in [1.807, 2.05) is 0 Å². The molecule has 90 valence electrons. The normalized spacial score (nSPS) is 12.6. The Morgan fingerprint density at radius 1 is 1.06 bits per heavy atom. The van der Waals surface area contributed by atoms with Crippen LogP contribution in [0.2, 0.25) is 0 Å². The van der Waals surface area contributed by atoms with E-state index >= 15 is 0 Å². The Kier molecular flexibility index (Phi) is 3.72. The minimum absolute atomic E-state index is 0.156. The van der Waals surface area contributed by atoms with E-state index < -0.39 is 20.0 Å². The summed E-state index contributed by atoms with van der Waals surface area (Å²) in [6, 6.07) is 5.88. The van der Waals surface area contributed by atoms with Crippen molar-refractivity contribution in [3.63, 3.8) is 0 Å². The maximum atomic E-state index is 11.1. The van der Waals surface area contributed by atoms with Gasteiger partial charge in [-0.15, -0.1) is 0 Å².